The summed E-state index contributed by atoms with van der Waals surface area (Å²) < 4.78 is 0. The molecule has 0 aliphatic heterocycles. The number of carbonyl (C=O) groups excluding carboxylic acids is 1. The molecule has 1 fully saturated rings. The number of hydrogen-bond donors (Lipinski definition) is 3. The van der Waals surface area contributed by atoms with Gasteiger partial charge in [0.15, 0.2) is 0 Å². The van der Waals surface area contributed by atoms with Crippen LogP contribution in [0.3, 0.4) is 0 Å². The SMILES string of the molecule is CNCC(C)C(=O)NCC1CCCC(O)C1. The van der Waals surface area contributed by atoms with Crippen LogP contribution < -0.4 is 10.6 Å². The average molecular weight is 228 g/mol. The molecule has 0 bridgehead atoms. The molecule has 1 aliphatic rings. The first-order valence-electron chi connectivity index (χ1n) is 6.23. The molecule has 0 aromatic rings. The maximum absolute atomic E-state index is 11.6. The van der Waals surface area contributed by atoms with Crippen molar-refractivity contribution in [2.24, 2.45) is 11.8 Å². The highest BCUT2D eigenvalue weighted by atomic mass is 16.3. The quantitative estimate of drug-likeness (QED) is 0.642. The van der Waals surface area contributed by atoms with Gasteiger partial charge in [-0.05, 0) is 32.2 Å². The molecule has 1 rings (SSSR count). The first kappa shape index (κ1) is 13.5. The largest absolute Gasteiger partial charge is 0.393 e. The van der Waals surface area contributed by atoms with Gasteiger partial charge < -0.3 is 15.7 Å². The highest BCUT2D eigenvalue weighted by Crippen LogP contribution is 2.23. The molecular weight excluding hydrogens is 204 g/mol. The van der Waals surface area contributed by atoms with Gasteiger partial charge in [-0.2, -0.15) is 0 Å². The molecule has 0 saturated heterocycles. The zero-order valence-corrected chi connectivity index (χ0v) is 10.3. The number of amides is 1. The number of aliphatic hydroxyl groups is 1. The minimum Gasteiger partial charge on any atom is -0.393 e. The Morgan fingerprint density at radius 1 is 1.50 bits per heavy atom. The fraction of sp³-hybridized carbons (Fsp3) is 0.917. The second kappa shape index (κ2) is 6.86. The third kappa shape index (κ3) is 4.49. The second-order valence-corrected chi connectivity index (χ2v) is 4.89. The maximum Gasteiger partial charge on any atom is 0.224 e. The van der Waals surface area contributed by atoms with E-state index in [-0.39, 0.29) is 17.9 Å². The monoisotopic (exact) mass is 228 g/mol. The second-order valence-electron chi connectivity index (χ2n) is 4.89. The molecule has 3 unspecified atom stereocenters. The van der Waals surface area contributed by atoms with Crippen molar-refractivity contribution in [2.45, 2.75) is 38.7 Å². The molecule has 0 radical (unpaired) electrons. The Morgan fingerprint density at radius 2 is 2.25 bits per heavy atom. The predicted molar refractivity (Wildman–Crippen MR) is 64.1 cm³/mol. The first-order chi connectivity index (χ1) is 7.63. The van der Waals surface area contributed by atoms with Crippen LogP contribution in [-0.2, 0) is 4.79 Å². The van der Waals surface area contributed by atoms with Gasteiger partial charge in [-0.3, -0.25) is 4.79 Å². The van der Waals surface area contributed by atoms with E-state index in [0.717, 1.165) is 25.7 Å². The Balaban J connectivity index is 2.20. The summed E-state index contributed by atoms with van der Waals surface area (Å²) in [7, 11) is 1.85. The van der Waals surface area contributed by atoms with Crippen LogP contribution in [0.1, 0.15) is 32.6 Å². The van der Waals surface area contributed by atoms with Crippen molar-refractivity contribution in [3.05, 3.63) is 0 Å². The molecule has 0 aromatic carbocycles. The standard InChI is InChI=1S/C12H24N2O2/c1-9(7-13-2)12(16)14-8-10-4-3-5-11(15)6-10/h9-11,13,15H,3-8H2,1-2H3,(H,14,16). The lowest BCUT2D eigenvalue weighted by atomic mass is 9.87. The van der Waals surface area contributed by atoms with Gasteiger partial charge in [-0.1, -0.05) is 13.3 Å². The smallest absolute Gasteiger partial charge is 0.224 e. The summed E-state index contributed by atoms with van der Waals surface area (Å²) in [6.07, 6.45) is 3.79. The Morgan fingerprint density at radius 3 is 2.88 bits per heavy atom. The number of carbonyl (C=O) groups is 1. The summed E-state index contributed by atoms with van der Waals surface area (Å²) in [5.74, 6) is 0.572. The van der Waals surface area contributed by atoms with Crippen molar-refractivity contribution in [1.82, 2.24) is 10.6 Å². The summed E-state index contributed by atoms with van der Waals surface area (Å²) in [4.78, 5) is 11.6. The Bertz CT molecular complexity index is 221. The van der Waals surface area contributed by atoms with Crippen molar-refractivity contribution in [1.29, 1.82) is 0 Å². The molecule has 3 atom stereocenters. The number of nitrogens with one attached hydrogen (secondary N) is 2. The van der Waals surface area contributed by atoms with Crippen LogP contribution in [0.5, 0.6) is 0 Å². The topological polar surface area (TPSA) is 61.4 Å². The van der Waals surface area contributed by atoms with Crippen LogP contribution in [-0.4, -0.2) is 37.3 Å². The fourth-order valence-electron chi connectivity index (χ4n) is 2.27. The first-order valence-corrected chi connectivity index (χ1v) is 6.23. The molecule has 4 heteroatoms. The molecule has 1 amide bonds. The van der Waals surface area contributed by atoms with Gasteiger partial charge in [0.25, 0.3) is 0 Å². The van der Waals surface area contributed by atoms with Crippen molar-refractivity contribution in [3.63, 3.8) is 0 Å². The van der Waals surface area contributed by atoms with Crippen molar-refractivity contribution < 1.29 is 9.90 Å². The van der Waals surface area contributed by atoms with Crippen LogP contribution in [0.2, 0.25) is 0 Å². The van der Waals surface area contributed by atoms with Gasteiger partial charge in [-0.25, -0.2) is 0 Å². The van der Waals surface area contributed by atoms with E-state index >= 15 is 0 Å². The van der Waals surface area contributed by atoms with Gasteiger partial charge in [-0.15, -0.1) is 0 Å². The molecule has 16 heavy (non-hydrogen) atoms. The van der Waals surface area contributed by atoms with E-state index in [9.17, 15) is 9.90 Å². The molecule has 0 heterocycles. The van der Waals surface area contributed by atoms with Crippen LogP contribution in [0.4, 0.5) is 0 Å². The van der Waals surface area contributed by atoms with Crippen LogP contribution in [0, 0.1) is 11.8 Å². The minimum atomic E-state index is -0.162. The van der Waals surface area contributed by atoms with Gasteiger partial charge in [0, 0.05) is 19.0 Å². The van der Waals surface area contributed by atoms with Crippen molar-refractivity contribution >= 4 is 5.91 Å². The van der Waals surface area contributed by atoms with Crippen LogP contribution in [0.25, 0.3) is 0 Å². The zero-order valence-electron chi connectivity index (χ0n) is 10.3. The van der Waals surface area contributed by atoms with Gasteiger partial charge >= 0.3 is 0 Å². The highest BCUT2D eigenvalue weighted by Gasteiger charge is 2.21. The van der Waals surface area contributed by atoms with Gasteiger partial charge in [0.05, 0.1) is 6.10 Å². The minimum absolute atomic E-state index is 0.0125. The van der Waals surface area contributed by atoms with E-state index in [0.29, 0.717) is 19.0 Å². The molecule has 4 nitrogen and oxygen atoms in total. The summed E-state index contributed by atoms with van der Waals surface area (Å²) in [5.41, 5.74) is 0. The normalized spacial score (nSPS) is 27.4. The lowest BCUT2D eigenvalue weighted by Gasteiger charge is -2.26. The molecule has 1 aliphatic carbocycles. The van der Waals surface area contributed by atoms with Crippen LogP contribution >= 0.6 is 0 Å². The molecule has 0 spiro atoms. The summed E-state index contributed by atoms with van der Waals surface area (Å²) in [5, 5.41) is 15.5. The van der Waals surface area contributed by atoms with Gasteiger partial charge in [0.1, 0.15) is 0 Å². The van der Waals surface area contributed by atoms with Crippen molar-refractivity contribution in [2.75, 3.05) is 20.1 Å². The Labute approximate surface area is 97.8 Å². The average Bonchev–Trinajstić information content (AvgIpc) is 2.26. The molecule has 1 saturated carbocycles. The highest BCUT2D eigenvalue weighted by molar-refractivity contribution is 5.78. The van der Waals surface area contributed by atoms with Crippen molar-refractivity contribution in [3.8, 4) is 0 Å². The fourth-order valence-corrected chi connectivity index (χ4v) is 2.27. The lowest BCUT2D eigenvalue weighted by molar-refractivity contribution is -0.124. The number of rotatable bonds is 5. The predicted octanol–water partition coefficient (Wildman–Crippen LogP) is 0.509. The molecule has 0 aromatic heterocycles. The van der Waals surface area contributed by atoms with E-state index in [1.165, 1.54) is 0 Å². The van der Waals surface area contributed by atoms with Gasteiger partial charge in [0.2, 0.25) is 5.91 Å². The summed E-state index contributed by atoms with van der Waals surface area (Å²) in [6, 6.07) is 0. The number of aliphatic hydroxyl groups excluding tert-OH is 1. The maximum atomic E-state index is 11.6. The molecule has 94 valence electrons. The lowest BCUT2D eigenvalue weighted by Crippen LogP contribution is -2.38. The van der Waals surface area contributed by atoms with E-state index in [4.69, 9.17) is 0 Å². The summed E-state index contributed by atoms with van der Waals surface area (Å²) >= 11 is 0. The third-order valence-corrected chi connectivity index (χ3v) is 3.28. The Hall–Kier alpha value is -0.610. The van der Waals surface area contributed by atoms with E-state index < -0.39 is 0 Å². The molecule has 3 N–H and O–H groups in total. The number of hydrogen-bond acceptors (Lipinski definition) is 3. The summed E-state index contributed by atoms with van der Waals surface area (Å²) in [6.45, 7) is 3.34. The third-order valence-electron chi connectivity index (χ3n) is 3.28. The zero-order chi connectivity index (χ0) is 12.0. The van der Waals surface area contributed by atoms with E-state index in [1.54, 1.807) is 0 Å². The van der Waals surface area contributed by atoms with E-state index in [2.05, 4.69) is 10.6 Å². The Kier molecular flexibility index (Phi) is 5.77. The van der Waals surface area contributed by atoms with Crippen LogP contribution in [0.15, 0.2) is 0 Å². The molecular formula is C12H24N2O2. The van der Waals surface area contributed by atoms with E-state index in [1.807, 2.05) is 14.0 Å².